The van der Waals surface area contributed by atoms with Crippen LogP contribution in [0, 0.1) is 0 Å². The maximum atomic E-state index is 12.9. The van der Waals surface area contributed by atoms with Crippen molar-refractivity contribution < 1.29 is 22.6 Å². The molecule has 0 heterocycles. The van der Waals surface area contributed by atoms with Gasteiger partial charge in [-0.3, -0.25) is 0 Å². The Balaban J connectivity index is 2.05. The SMILES string of the molecule is COC1CCC(S(=O)(=O)C2CCC(OC)CC2OC)CC1. The summed E-state index contributed by atoms with van der Waals surface area (Å²) in [5.41, 5.74) is 0. The minimum atomic E-state index is -3.15. The molecule has 2 rings (SSSR count). The summed E-state index contributed by atoms with van der Waals surface area (Å²) in [4.78, 5) is 0. The lowest BCUT2D eigenvalue weighted by Crippen LogP contribution is -2.47. The molecule has 0 saturated heterocycles. The summed E-state index contributed by atoms with van der Waals surface area (Å²) < 4.78 is 42.0. The Kier molecular flexibility index (Phi) is 6.05. The van der Waals surface area contributed by atoms with Gasteiger partial charge in [0.25, 0.3) is 0 Å². The molecule has 2 aliphatic carbocycles. The van der Waals surface area contributed by atoms with Gasteiger partial charge in [-0.25, -0.2) is 8.42 Å². The Hall–Kier alpha value is -0.170. The van der Waals surface area contributed by atoms with E-state index < -0.39 is 9.84 Å². The maximum absolute atomic E-state index is 12.9. The fraction of sp³-hybridized carbons (Fsp3) is 1.00. The lowest BCUT2D eigenvalue weighted by Gasteiger charge is -2.37. The Bertz CT molecular complexity index is 414. The summed E-state index contributed by atoms with van der Waals surface area (Å²) >= 11 is 0. The van der Waals surface area contributed by atoms with Gasteiger partial charge in [-0.05, 0) is 38.5 Å². The van der Waals surface area contributed by atoms with E-state index in [-0.39, 0.29) is 28.8 Å². The molecule has 2 aliphatic rings. The van der Waals surface area contributed by atoms with Crippen molar-refractivity contribution in [3.8, 4) is 0 Å². The smallest absolute Gasteiger partial charge is 0.158 e. The molecule has 0 spiro atoms. The van der Waals surface area contributed by atoms with Crippen LogP contribution in [0.2, 0.25) is 0 Å². The van der Waals surface area contributed by atoms with Gasteiger partial charge in [-0.1, -0.05) is 0 Å². The standard InChI is InChI=1S/C15H28O5S/c1-18-11-4-7-13(8-5-11)21(16,17)15-9-6-12(19-2)10-14(15)20-3/h11-15H,4-10H2,1-3H3. The van der Waals surface area contributed by atoms with Crippen LogP contribution in [0.25, 0.3) is 0 Å². The summed E-state index contributed by atoms with van der Waals surface area (Å²) in [7, 11) is 1.84. The number of hydrogen-bond donors (Lipinski definition) is 0. The molecular formula is C15H28O5S. The summed E-state index contributed by atoms with van der Waals surface area (Å²) in [5.74, 6) is 0. The van der Waals surface area contributed by atoms with Gasteiger partial charge in [0.2, 0.25) is 0 Å². The zero-order chi connectivity index (χ0) is 15.5. The Labute approximate surface area is 128 Å². The van der Waals surface area contributed by atoms with E-state index in [1.807, 2.05) is 0 Å². The average Bonchev–Trinajstić information content (AvgIpc) is 2.54. The van der Waals surface area contributed by atoms with Crippen molar-refractivity contribution in [2.75, 3.05) is 21.3 Å². The van der Waals surface area contributed by atoms with Crippen molar-refractivity contribution in [1.82, 2.24) is 0 Å². The topological polar surface area (TPSA) is 61.8 Å². The molecule has 3 unspecified atom stereocenters. The molecule has 0 aromatic heterocycles. The third-order valence-electron chi connectivity index (χ3n) is 5.16. The van der Waals surface area contributed by atoms with Crippen molar-refractivity contribution in [3.63, 3.8) is 0 Å². The van der Waals surface area contributed by atoms with E-state index in [0.29, 0.717) is 25.7 Å². The van der Waals surface area contributed by atoms with Crippen molar-refractivity contribution in [1.29, 1.82) is 0 Å². The van der Waals surface area contributed by atoms with Crippen molar-refractivity contribution in [2.45, 2.75) is 73.8 Å². The van der Waals surface area contributed by atoms with Gasteiger partial charge in [-0.15, -0.1) is 0 Å². The van der Waals surface area contributed by atoms with Gasteiger partial charge in [0.15, 0.2) is 9.84 Å². The maximum Gasteiger partial charge on any atom is 0.158 e. The van der Waals surface area contributed by atoms with Crippen molar-refractivity contribution >= 4 is 9.84 Å². The first-order valence-electron chi connectivity index (χ1n) is 7.84. The lowest BCUT2D eigenvalue weighted by molar-refractivity contribution is -0.00733. The highest BCUT2D eigenvalue weighted by molar-refractivity contribution is 7.92. The van der Waals surface area contributed by atoms with Crippen molar-refractivity contribution in [3.05, 3.63) is 0 Å². The number of sulfone groups is 1. The first-order chi connectivity index (χ1) is 10.0. The van der Waals surface area contributed by atoms with E-state index in [2.05, 4.69) is 0 Å². The molecule has 5 nitrogen and oxygen atoms in total. The minimum absolute atomic E-state index is 0.116. The molecule has 0 radical (unpaired) electrons. The molecule has 0 bridgehead atoms. The van der Waals surface area contributed by atoms with E-state index >= 15 is 0 Å². The van der Waals surface area contributed by atoms with Crippen LogP contribution in [-0.4, -0.2) is 58.6 Å². The predicted octanol–water partition coefficient (Wildman–Crippen LogP) is 1.94. The second-order valence-electron chi connectivity index (χ2n) is 6.21. The molecule has 6 heteroatoms. The molecule has 3 atom stereocenters. The highest BCUT2D eigenvalue weighted by Crippen LogP contribution is 2.35. The summed E-state index contributed by atoms with van der Waals surface area (Å²) in [6.07, 6.45) is 5.31. The average molecular weight is 320 g/mol. The fourth-order valence-corrected chi connectivity index (χ4v) is 6.28. The second-order valence-corrected chi connectivity index (χ2v) is 8.66. The predicted molar refractivity (Wildman–Crippen MR) is 81.2 cm³/mol. The molecular weight excluding hydrogens is 292 g/mol. The molecule has 0 aliphatic heterocycles. The normalized spacial score (nSPS) is 38.3. The number of ether oxygens (including phenoxy) is 3. The van der Waals surface area contributed by atoms with Crippen LogP contribution in [0.5, 0.6) is 0 Å². The molecule has 124 valence electrons. The van der Waals surface area contributed by atoms with Crippen LogP contribution in [0.4, 0.5) is 0 Å². The van der Waals surface area contributed by atoms with E-state index in [1.54, 1.807) is 21.3 Å². The minimum Gasteiger partial charge on any atom is -0.381 e. The molecule has 0 aromatic rings. The fourth-order valence-electron chi connectivity index (χ4n) is 3.75. The van der Waals surface area contributed by atoms with Crippen molar-refractivity contribution in [2.24, 2.45) is 0 Å². The second kappa shape index (κ2) is 7.40. The van der Waals surface area contributed by atoms with E-state index in [9.17, 15) is 8.42 Å². The first kappa shape index (κ1) is 17.2. The molecule has 0 N–H and O–H groups in total. The van der Waals surface area contributed by atoms with Crippen LogP contribution in [-0.2, 0) is 24.0 Å². The van der Waals surface area contributed by atoms with E-state index in [4.69, 9.17) is 14.2 Å². The Morgan fingerprint density at radius 3 is 1.86 bits per heavy atom. The molecule has 0 aromatic carbocycles. The molecule has 21 heavy (non-hydrogen) atoms. The third kappa shape index (κ3) is 3.78. The summed E-state index contributed by atoms with van der Waals surface area (Å²) in [5, 5.41) is -0.608. The zero-order valence-electron chi connectivity index (χ0n) is 13.3. The Morgan fingerprint density at radius 1 is 0.762 bits per heavy atom. The Morgan fingerprint density at radius 2 is 1.33 bits per heavy atom. The highest BCUT2D eigenvalue weighted by Gasteiger charge is 2.43. The van der Waals surface area contributed by atoms with E-state index in [1.165, 1.54) is 0 Å². The van der Waals surface area contributed by atoms with Gasteiger partial charge >= 0.3 is 0 Å². The van der Waals surface area contributed by atoms with Gasteiger partial charge in [0.1, 0.15) is 0 Å². The van der Waals surface area contributed by atoms with Gasteiger partial charge < -0.3 is 14.2 Å². The van der Waals surface area contributed by atoms with Crippen LogP contribution in [0.3, 0.4) is 0 Å². The molecule has 2 fully saturated rings. The quantitative estimate of drug-likeness (QED) is 0.775. The van der Waals surface area contributed by atoms with Gasteiger partial charge in [-0.2, -0.15) is 0 Å². The summed E-state index contributed by atoms with van der Waals surface area (Å²) in [6, 6.07) is 0. The number of hydrogen-bond acceptors (Lipinski definition) is 5. The molecule has 2 saturated carbocycles. The van der Waals surface area contributed by atoms with Crippen LogP contribution in [0.1, 0.15) is 44.9 Å². The monoisotopic (exact) mass is 320 g/mol. The first-order valence-corrected chi connectivity index (χ1v) is 9.45. The van der Waals surface area contributed by atoms with Crippen LogP contribution in [0.15, 0.2) is 0 Å². The summed E-state index contributed by atoms with van der Waals surface area (Å²) in [6.45, 7) is 0. The van der Waals surface area contributed by atoms with E-state index in [0.717, 1.165) is 19.3 Å². The largest absolute Gasteiger partial charge is 0.381 e. The molecule has 0 amide bonds. The van der Waals surface area contributed by atoms with Gasteiger partial charge in [0.05, 0.1) is 28.8 Å². The lowest BCUT2D eigenvalue weighted by atomic mass is 9.94. The highest BCUT2D eigenvalue weighted by atomic mass is 32.2. The number of rotatable bonds is 5. The van der Waals surface area contributed by atoms with Crippen LogP contribution < -0.4 is 0 Å². The van der Waals surface area contributed by atoms with Gasteiger partial charge in [0, 0.05) is 27.8 Å². The van der Waals surface area contributed by atoms with Crippen LogP contribution >= 0.6 is 0 Å². The third-order valence-corrected chi connectivity index (χ3v) is 7.94. The zero-order valence-corrected chi connectivity index (χ0v) is 14.1. The number of methoxy groups -OCH3 is 3.